The summed E-state index contributed by atoms with van der Waals surface area (Å²) in [7, 11) is 0. The Balaban J connectivity index is 2.29. The highest BCUT2D eigenvalue weighted by molar-refractivity contribution is 6.30. The minimum atomic E-state index is -0.616. The number of carbonyl (C=O) groups excluding carboxylic acids is 1. The molecule has 0 unspecified atom stereocenters. The Bertz CT molecular complexity index is 926. The zero-order valence-corrected chi connectivity index (χ0v) is 16.7. The molecular formula is C22H22ClNO3. The maximum Gasteiger partial charge on any atom is 0.348 e. The lowest BCUT2D eigenvalue weighted by molar-refractivity contribution is -0.137. The quantitative estimate of drug-likeness (QED) is 0.385. The third-order valence-electron chi connectivity index (χ3n) is 4.16. The normalized spacial score (nSPS) is 11.0. The molecule has 0 amide bonds. The van der Waals surface area contributed by atoms with Crippen molar-refractivity contribution in [2.75, 3.05) is 6.61 Å². The molecular weight excluding hydrogens is 362 g/mol. The lowest BCUT2D eigenvalue weighted by Crippen LogP contribution is -2.06. The minimum Gasteiger partial charge on any atom is -0.489 e. The largest absolute Gasteiger partial charge is 0.489 e. The van der Waals surface area contributed by atoms with Gasteiger partial charge in [-0.1, -0.05) is 17.7 Å². The Labute approximate surface area is 165 Å². The number of benzene rings is 2. The molecule has 2 aromatic rings. The highest BCUT2D eigenvalue weighted by atomic mass is 35.5. The number of esters is 1. The summed E-state index contributed by atoms with van der Waals surface area (Å²) < 4.78 is 10.9. The second-order valence-corrected chi connectivity index (χ2v) is 6.66. The van der Waals surface area contributed by atoms with E-state index in [0.717, 1.165) is 33.6 Å². The van der Waals surface area contributed by atoms with Gasteiger partial charge in [0.05, 0.1) is 6.61 Å². The number of rotatable bonds is 6. The summed E-state index contributed by atoms with van der Waals surface area (Å²) in [4.78, 5) is 11.9. The van der Waals surface area contributed by atoms with Gasteiger partial charge in [-0.05, 0) is 85.9 Å². The van der Waals surface area contributed by atoms with Crippen molar-refractivity contribution in [1.82, 2.24) is 0 Å². The molecule has 0 aliphatic heterocycles. The van der Waals surface area contributed by atoms with Gasteiger partial charge in [0, 0.05) is 5.02 Å². The minimum absolute atomic E-state index is 0.0239. The summed E-state index contributed by atoms with van der Waals surface area (Å²) >= 11 is 5.98. The highest BCUT2D eigenvalue weighted by Gasteiger charge is 2.12. The number of carbonyl (C=O) groups is 1. The number of aryl methyl sites for hydroxylation is 3. The van der Waals surface area contributed by atoms with Crippen molar-refractivity contribution < 1.29 is 14.3 Å². The Morgan fingerprint density at radius 2 is 1.89 bits per heavy atom. The number of nitrogens with zero attached hydrogens (tertiary/aromatic N) is 1. The van der Waals surface area contributed by atoms with E-state index in [1.54, 1.807) is 19.1 Å². The molecule has 0 radical (unpaired) electrons. The smallest absolute Gasteiger partial charge is 0.348 e. The Morgan fingerprint density at radius 3 is 2.52 bits per heavy atom. The number of nitriles is 1. The van der Waals surface area contributed by atoms with Crippen molar-refractivity contribution in [3.05, 3.63) is 68.7 Å². The predicted octanol–water partition coefficient (Wildman–Crippen LogP) is 5.31. The number of hydrogen-bond donors (Lipinski definition) is 0. The Kier molecular flexibility index (Phi) is 7.04. The third-order valence-corrected chi connectivity index (χ3v) is 4.40. The van der Waals surface area contributed by atoms with Crippen LogP contribution in [0.1, 0.15) is 34.7 Å². The molecule has 0 fully saturated rings. The van der Waals surface area contributed by atoms with E-state index in [1.165, 1.54) is 0 Å². The van der Waals surface area contributed by atoms with Gasteiger partial charge in [-0.2, -0.15) is 5.26 Å². The molecule has 2 aromatic carbocycles. The van der Waals surface area contributed by atoms with Crippen LogP contribution in [-0.4, -0.2) is 12.6 Å². The molecule has 2 rings (SSSR count). The molecule has 0 N–H and O–H groups in total. The molecule has 0 bridgehead atoms. The van der Waals surface area contributed by atoms with Crippen LogP contribution in [-0.2, 0) is 16.1 Å². The molecule has 27 heavy (non-hydrogen) atoms. The van der Waals surface area contributed by atoms with E-state index in [2.05, 4.69) is 0 Å². The van der Waals surface area contributed by atoms with Gasteiger partial charge in [0.2, 0.25) is 0 Å². The SMILES string of the molecule is CCOC(=O)C(C#N)=Cc1cc(COc2ccc(Cl)cc2C)c(C)cc1C. The summed E-state index contributed by atoms with van der Waals surface area (Å²) in [6.07, 6.45) is 1.56. The van der Waals surface area contributed by atoms with Gasteiger partial charge >= 0.3 is 5.97 Å². The topological polar surface area (TPSA) is 59.3 Å². The van der Waals surface area contributed by atoms with Crippen LogP contribution in [0.15, 0.2) is 35.9 Å². The van der Waals surface area contributed by atoms with Crippen LogP contribution in [0.25, 0.3) is 6.08 Å². The molecule has 0 spiro atoms. The molecule has 4 nitrogen and oxygen atoms in total. The summed E-state index contributed by atoms with van der Waals surface area (Å²) in [5.74, 6) is 0.148. The van der Waals surface area contributed by atoms with E-state index >= 15 is 0 Å². The predicted molar refractivity (Wildman–Crippen MR) is 107 cm³/mol. The van der Waals surface area contributed by atoms with Gasteiger partial charge in [0.15, 0.2) is 0 Å². The molecule has 0 saturated carbocycles. The van der Waals surface area contributed by atoms with Gasteiger partial charge in [0.1, 0.15) is 24.0 Å². The maximum absolute atomic E-state index is 11.9. The lowest BCUT2D eigenvalue weighted by atomic mass is 9.98. The van der Waals surface area contributed by atoms with E-state index in [-0.39, 0.29) is 12.2 Å². The third kappa shape index (κ3) is 5.35. The van der Waals surface area contributed by atoms with E-state index in [9.17, 15) is 10.1 Å². The fraction of sp³-hybridized carbons (Fsp3) is 0.273. The maximum atomic E-state index is 11.9. The molecule has 0 aliphatic carbocycles. The average molecular weight is 384 g/mol. The first kappa shape index (κ1) is 20.5. The van der Waals surface area contributed by atoms with Crippen molar-refractivity contribution in [3.8, 4) is 11.8 Å². The first-order chi connectivity index (χ1) is 12.8. The van der Waals surface area contributed by atoms with Crippen LogP contribution in [0.2, 0.25) is 5.02 Å². The first-order valence-electron chi connectivity index (χ1n) is 8.63. The lowest BCUT2D eigenvalue weighted by Gasteiger charge is -2.13. The summed E-state index contributed by atoms with van der Waals surface area (Å²) in [6, 6.07) is 11.3. The van der Waals surface area contributed by atoms with Crippen LogP contribution in [0, 0.1) is 32.1 Å². The summed E-state index contributed by atoms with van der Waals surface area (Å²) in [5.41, 5.74) is 4.74. The van der Waals surface area contributed by atoms with Crippen molar-refractivity contribution in [2.24, 2.45) is 0 Å². The molecule has 0 saturated heterocycles. The first-order valence-corrected chi connectivity index (χ1v) is 9.01. The zero-order chi connectivity index (χ0) is 20.0. The van der Waals surface area contributed by atoms with Crippen LogP contribution < -0.4 is 4.74 Å². The summed E-state index contributed by atoms with van der Waals surface area (Å²) in [5, 5.41) is 9.92. The number of halogens is 1. The van der Waals surface area contributed by atoms with Gasteiger partial charge in [-0.25, -0.2) is 4.79 Å². The zero-order valence-electron chi connectivity index (χ0n) is 15.9. The van der Waals surface area contributed by atoms with E-state index in [0.29, 0.717) is 11.6 Å². The number of ether oxygens (including phenoxy) is 2. The van der Waals surface area contributed by atoms with Crippen molar-refractivity contribution >= 4 is 23.6 Å². The van der Waals surface area contributed by atoms with Gasteiger partial charge in [0.25, 0.3) is 0 Å². The second-order valence-electron chi connectivity index (χ2n) is 6.22. The van der Waals surface area contributed by atoms with Gasteiger partial charge in [-0.3, -0.25) is 0 Å². The van der Waals surface area contributed by atoms with Crippen molar-refractivity contribution in [2.45, 2.75) is 34.3 Å². The Morgan fingerprint density at radius 1 is 1.15 bits per heavy atom. The van der Waals surface area contributed by atoms with Crippen molar-refractivity contribution in [3.63, 3.8) is 0 Å². The van der Waals surface area contributed by atoms with E-state index in [4.69, 9.17) is 21.1 Å². The van der Waals surface area contributed by atoms with Crippen molar-refractivity contribution in [1.29, 1.82) is 5.26 Å². The highest BCUT2D eigenvalue weighted by Crippen LogP contribution is 2.25. The van der Waals surface area contributed by atoms with Crippen LogP contribution in [0.4, 0.5) is 0 Å². The fourth-order valence-corrected chi connectivity index (χ4v) is 2.89. The fourth-order valence-electron chi connectivity index (χ4n) is 2.66. The van der Waals surface area contributed by atoms with E-state index in [1.807, 2.05) is 51.1 Å². The number of hydrogen-bond acceptors (Lipinski definition) is 4. The van der Waals surface area contributed by atoms with Crippen LogP contribution >= 0.6 is 11.6 Å². The molecule has 140 valence electrons. The monoisotopic (exact) mass is 383 g/mol. The standard InChI is InChI=1S/C22H22ClNO3/c1-5-26-22(25)18(12-24)10-17-11-19(15(3)8-14(17)2)13-27-21-7-6-20(23)9-16(21)4/h6-11H,5,13H2,1-4H3. The second kappa shape index (κ2) is 9.25. The summed E-state index contributed by atoms with van der Waals surface area (Å²) in [6.45, 7) is 8.19. The molecule has 0 aliphatic rings. The average Bonchev–Trinajstić information content (AvgIpc) is 2.61. The van der Waals surface area contributed by atoms with Gasteiger partial charge in [-0.15, -0.1) is 0 Å². The molecule has 0 aromatic heterocycles. The molecule has 0 atom stereocenters. The molecule has 5 heteroatoms. The van der Waals surface area contributed by atoms with Crippen LogP contribution in [0.5, 0.6) is 5.75 Å². The van der Waals surface area contributed by atoms with Gasteiger partial charge < -0.3 is 9.47 Å². The van der Waals surface area contributed by atoms with Crippen LogP contribution in [0.3, 0.4) is 0 Å². The Hall–Kier alpha value is -2.77. The molecule has 0 heterocycles. The van der Waals surface area contributed by atoms with E-state index < -0.39 is 5.97 Å².